The Morgan fingerprint density at radius 3 is 2.31 bits per heavy atom. The van der Waals surface area contributed by atoms with Crippen LogP contribution in [0.1, 0.15) is 24.2 Å². The van der Waals surface area contributed by atoms with Gasteiger partial charge in [-0.3, -0.25) is 9.35 Å². The quantitative estimate of drug-likeness (QED) is 0.393. The molecule has 7 nitrogen and oxygen atoms in total. The highest BCUT2D eigenvalue weighted by atomic mass is 79.9. The van der Waals surface area contributed by atoms with Crippen LogP contribution in [-0.2, 0) is 19.6 Å². The van der Waals surface area contributed by atoms with Crippen LogP contribution in [0.25, 0.3) is 0 Å². The lowest BCUT2D eigenvalue weighted by Gasteiger charge is -2.20. The lowest BCUT2D eigenvalue weighted by atomic mass is 10.2. The SMILES string of the molecule is CC(C)C(=O)Oc1cc(Br)ccc1C(=O)OC(CS(=O)(=O)O)C(F)(F)F. The molecule has 146 valence electrons. The van der Waals surface area contributed by atoms with Crippen molar-refractivity contribution in [2.75, 3.05) is 5.75 Å². The number of hydrogen-bond acceptors (Lipinski definition) is 6. The third kappa shape index (κ3) is 6.92. The van der Waals surface area contributed by atoms with Crippen LogP contribution in [0, 0.1) is 5.92 Å². The maximum atomic E-state index is 12.9. The van der Waals surface area contributed by atoms with Crippen molar-refractivity contribution < 1.29 is 45.2 Å². The number of hydrogen-bond donors (Lipinski definition) is 1. The number of benzene rings is 1. The summed E-state index contributed by atoms with van der Waals surface area (Å²) < 4.78 is 78.2. The highest BCUT2D eigenvalue weighted by Crippen LogP contribution is 2.29. The van der Waals surface area contributed by atoms with Crippen LogP contribution in [-0.4, -0.2) is 42.9 Å². The Hall–Kier alpha value is -1.66. The fraction of sp³-hybridized carbons (Fsp3) is 0.429. The van der Waals surface area contributed by atoms with E-state index in [9.17, 15) is 31.2 Å². The predicted molar refractivity (Wildman–Crippen MR) is 86.3 cm³/mol. The molecule has 0 amide bonds. The average Bonchev–Trinajstić information content (AvgIpc) is 2.43. The van der Waals surface area contributed by atoms with Gasteiger partial charge in [-0.15, -0.1) is 0 Å². The summed E-state index contributed by atoms with van der Waals surface area (Å²) in [6.45, 7) is 3.01. The molecule has 0 fully saturated rings. The van der Waals surface area contributed by atoms with Crippen molar-refractivity contribution in [1.82, 2.24) is 0 Å². The van der Waals surface area contributed by atoms with Gasteiger partial charge in [0.1, 0.15) is 17.1 Å². The van der Waals surface area contributed by atoms with Gasteiger partial charge in [0.05, 0.1) is 5.92 Å². The molecule has 1 aromatic carbocycles. The first-order valence-corrected chi connectivity index (χ1v) is 9.35. The number of halogens is 4. The first kappa shape index (κ1) is 22.4. The molecule has 0 aliphatic heterocycles. The highest BCUT2D eigenvalue weighted by molar-refractivity contribution is 9.10. The van der Waals surface area contributed by atoms with Crippen LogP contribution in [0.3, 0.4) is 0 Å². The first-order chi connectivity index (χ1) is 11.7. The van der Waals surface area contributed by atoms with E-state index in [0.717, 1.165) is 6.07 Å². The molecule has 12 heteroatoms. The van der Waals surface area contributed by atoms with E-state index in [1.54, 1.807) is 0 Å². The van der Waals surface area contributed by atoms with Gasteiger partial charge in [-0.05, 0) is 18.2 Å². The molecule has 0 heterocycles. The van der Waals surface area contributed by atoms with Crippen LogP contribution >= 0.6 is 15.9 Å². The minimum Gasteiger partial charge on any atom is -0.448 e. The van der Waals surface area contributed by atoms with E-state index in [1.807, 2.05) is 0 Å². The lowest BCUT2D eigenvalue weighted by molar-refractivity contribution is -0.197. The zero-order chi connectivity index (χ0) is 20.3. The van der Waals surface area contributed by atoms with Gasteiger partial charge in [-0.25, -0.2) is 4.79 Å². The monoisotopic (exact) mass is 462 g/mol. The summed E-state index contributed by atoms with van der Waals surface area (Å²) in [5.41, 5.74) is -0.521. The van der Waals surface area contributed by atoms with Crippen LogP contribution in [0.15, 0.2) is 22.7 Å². The smallest absolute Gasteiger partial charge is 0.426 e. The van der Waals surface area contributed by atoms with E-state index in [2.05, 4.69) is 20.7 Å². The topological polar surface area (TPSA) is 107 Å². The Bertz CT molecular complexity index is 790. The zero-order valence-electron chi connectivity index (χ0n) is 13.4. The Labute approximate surface area is 155 Å². The number of ether oxygens (including phenoxy) is 2. The van der Waals surface area contributed by atoms with Gasteiger partial charge >= 0.3 is 18.1 Å². The number of carbonyl (C=O) groups is 2. The van der Waals surface area contributed by atoms with Gasteiger partial charge in [0.2, 0.25) is 6.10 Å². The predicted octanol–water partition coefficient (Wildman–Crippen LogP) is 2.99. The maximum Gasteiger partial charge on any atom is 0.426 e. The second kappa shape index (κ2) is 8.35. The zero-order valence-corrected chi connectivity index (χ0v) is 15.8. The Morgan fingerprint density at radius 1 is 1.27 bits per heavy atom. The van der Waals surface area contributed by atoms with Crippen molar-refractivity contribution >= 4 is 38.0 Å². The van der Waals surface area contributed by atoms with Crippen LogP contribution in [0.2, 0.25) is 0 Å². The van der Waals surface area contributed by atoms with Crippen molar-refractivity contribution in [2.45, 2.75) is 26.1 Å². The number of rotatable bonds is 6. The van der Waals surface area contributed by atoms with E-state index in [4.69, 9.17) is 9.29 Å². The fourth-order valence-corrected chi connectivity index (χ4v) is 2.53. The molecule has 1 atom stereocenters. The van der Waals surface area contributed by atoms with Gasteiger partial charge in [0.25, 0.3) is 10.1 Å². The van der Waals surface area contributed by atoms with E-state index in [0.29, 0.717) is 4.47 Å². The molecule has 26 heavy (non-hydrogen) atoms. The molecular weight excluding hydrogens is 449 g/mol. The molecule has 1 unspecified atom stereocenters. The Morgan fingerprint density at radius 2 is 1.85 bits per heavy atom. The minimum atomic E-state index is -5.24. The second-order valence-corrected chi connectivity index (χ2v) is 7.81. The largest absolute Gasteiger partial charge is 0.448 e. The summed E-state index contributed by atoms with van der Waals surface area (Å²) in [5.74, 6) is -5.13. The molecular formula is C14H14BrF3O7S. The highest BCUT2D eigenvalue weighted by Gasteiger charge is 2.45. The number of alkyl halides is 3. The van der Waals surface area contributed by atoms with E-state index in [-0.39, 0.29) is 5.75 Å². The van der Waals surface area contributed by atoms with Crippen molar-refractivity contribution in [2.24, 2.45) is 5.92 Å². The van der Waals surface area contributed by atoms with Gasteiger partial charge in [0, 0.05) is 4.47 Å². The molecule has 0 bridgehead atoms. The van der Waals surface area contributed by atoms with Crippen molar-refractivity contribution in [3.63, 3.8) is 0 Å². The van der Waals surface area contributed by atoms with Crippen molar-refractivity contribution in [3.05, 3.63) is 28.2 Å². The molecule has 0 aromatic heterocycles. The summed E-state index contributed by atoms with van der Waals surface area (Å²) in [6.07, 6.45) is -8.34. The fourth-order valence-electron chi connectivity index (χ4n) is 1.55. The minimum absolute atomic E-state index is 0.365. The molecule has 0 saturated heterocycles. The molecule has 0 aliphatic carbocycles. The molecule has 1 rings (SSSR count). The number of esters is 2. The molecule has 1 N–H and O–H groups in total. The van der Waals surface area contributed by atoms with Gasteiger partial charge < -0.3 is 9.47 Å². The first-order valence-electron chi connectivity index (χ1n) is 6.95. The molecule has 1 aromatic rings. The van der Waals surface area contributed by atoms with Crippen molar-refractivity contribution in [3.8, 4) is 5.75 Å². The van der Waals surface area contributed by atoms with Gasteiger partial charge in [-0.1, -0.05) is 29.8 Å². The molecule has 0 spiro atoms. The van der Waals surface area contributed by atoms with Crippen LogP contribution in [0.5, 0.6) is 5.75 Å². The maximum absolute atomic E-state index is 12.9. The third-order valence-corrected chi connectivity index (χ3v) is 4.04. The summed E-state index contributed by atoms with van der Waals surface area (Å²) >= 11 is 3.06. The molecule has 0 radical (unpaired) electrons. The lowest BCUT2D eigenvalue weighted by Crippen LogP contribution is -2.39. The van der Waals surface area contributed by atoms with E-state index in [1.165, 1.54) is 26.0 Å². The molecule has 0 saturated carbocycles. The summed E-state index contributed by atoms with van der Waals surface area (Å²) in [6, 6.07) is 3.49. The van der Waals surface area contributed by atoms with Gasteiger partial charge in [0.15, 0.2) is 0 Å². The third-order valence-electron chi connectivity index (χ3n) is 2.82. The van der Waals surface area contributed by atoms with E-state index < -0.39 is 51.6 Å². The summed E-state index contributed by atoms with van der Waals surface area (Å²) in [7, 11) is -5.07. The van der Waals surface area contributed by atoms with Crippen LogP contribution < -0.4 is 4.74 Å². The van der Waals surface area contributed by atoms with Crippen molar-refractivity contribution in [1.29, 1.82) is 0 Å². The molecule has 0 aliphatic rings. The summed E-state index contributed by atoms with van der Waals surface area (Å²) in [4.78, 5) is 23.8. The number of carbonyl (C=O) groups excluding carboxylic acids is 2. The van der Waals surface area contributed by atoms with Crippen LogP contribution in [0.4, 0.5) is 13.2 Å². The summed E-state index contributed by atoms with van der Waals surface area (Å²) in [5, 5.41) is 0. The standard InChI is InChI=1S/C14H14BrF3O7S/c1-7(2)12(19)24-10-5-8(15)3-4-9(10)13(20)25-11(14(16,17)18)6-26(21,22)23/h3-5,7,11H,6H2,1-2H3,(H,21,22,23). The van der Waals surface area contributed by atoms with E-state index >= 15 is 0 Å². The Balaban J connectivity index is 3.17. The average molecular weight is 463 g/mol. The normalized spacial score (nSPS) is 13.4. The second-order valence-electron chi connectivity index (χ2n) is 5.40. The Kier molecular flexibility index (Phi) is 7.19. The van der Waals surface area contributed by atoms with Gasteiger partial charge in [-0.2, -0.15) is 21.6 Å².